The molecule has 4 N–H and O–H groups in total. The van der Waals surface area contributed by atoms with Gasteiger partial charge < -0.3 is 15.8 Å². The van der Waals surface area contributed by atoms with Crippen LogP contribution in [-0.4, -0.2) is 33.7 Å². The highest BCUT2D eigenvalue weighted by molar-refractivity contribution is 7.92. The van der Waals surface area contributed by atoms with Crippen LogP contribution in [0, 0.1) is 5.92 Å². The third-order valence-electron chi connectivity index (χ3n) is 2.92. The fraction of sp³-hybridized carbons (Fsp3) is 0.462. The lowest BCUT2D eigenvalue weighted by Crippen LogP contribution is -2.26. The molecule has 9 heteroatoms. The molecule has 0 saturated carbocycles. The topological polar surface area (TPSA) is 111 Å². The fourth-order valence-electron chi connectivity index (χ4n) is 1.47. The summed E-state index contributed by atoms with van der Waals surface area (Å²) >= 11 is 0. The largest absolute Gasteiger partial charge is 0.494 e. The molecule has 22 heavy (non-hydrogen) atoms. The number of carbonyl (C=O) groups excluding carboxylic acids is 1. The predicted molar refractivity (Wildman–Crippen MR) is 90.2 cm³/mol. The fourth-order valence-corrected chi connectivity index (χ4v) is 2.11. The van der Waals surface area contributed by atoms with Gasteiger partial charge >= 0.3 is 0 Å². The lowest BCUT2D eigenvalue weighted by molar-refractivity contribution is -0.119. The molecule has 1 atom stereocenters. The van der Waals surface area contributed by atoms with Crippen LogP contribution in [0.3, 0.4) is 0 Å². The van der Waals surface area contributed by atoms with Gasteiger partial charge in [-0.15, -0.1) is 12.4 Å². The summed E-state index contributed by atoms with van der Waals surface area (Å²) in [5, 5.41) is 2.70. The molecule has 0 heterocycles. The summed E-state index contributed by atoms with van der Waals surface area (Å²) in [5.74, 6) is -0.233. The first-order valence-electron chi connectivity index (χ1n) is 6.52. The zero-order valence-electron chi connectivity index (χ0n) is 12.8. The van der Waals surface area contributed by atoms with Crippen molar-refractivity contribution < 1.29 is 17.9 Å². The number of sulfonamides is 1. The summed E-state index contributed by atoms with van der Waals surface area (Å²) in [5.41, 5.74) is 6.26. The Kier molecular flexibility index (Phi) is 8.21. The predicted octanol–water partition coefficient (Wildman–Crippen LogP) is 1.41. The second-order valence-corrected chi connectivity index (χ2v) is 6.56. The van der Waals surface area contributed by atoms with Crippen molar-refractivity contribution >= 4 is 39.7 Å². The van der Waals surface area contributed by atoms with Crippen LogP contribution in [0.15, 0.2) is 18.2 Å². The summed E-state index contributed by atoms with van der Waals surface area (Å²) in [6, 6.07) is 4.68. The van der Waals surface area contributed by atoms with Crippen molar-refractivity contribution in [2.24, 2.45) is 11.7 Å². The zero-order chi connectivity index (χ0) is 16.0. The molecule has 1 rings (SSSR count). The molecule has 0 aromatic heterocycles. The van der Waals surface area contributed by atoms with Crippen molar-refractivity contribution in [3.8, 4) is 5.75 Å². The van der Waals surface area contributed by atoms with Crippen molar-refractivity contribution in [1.82, 2.24) is 0 Å². The van der Waals surface area contributed by atoms with Crippen LogP contribution < -0.4 is 20.5 Å². The Labute approximate surface area is 137 Å². The van der Waals surface area contributed by atoms with E-state index in [1.54, 1.807) is 19.1 Å². The standard InChI is InChI=1S/C13H21N3O4S.ClH/c1-4-21(18,19)16-11-6-5-10(7-12(11)20-3)15-13(17)9(2)8-14;/h5-7,9,16H,4,8,14H2,1-3H3,(H,15,17);1H. The Morgan fingerprint density at radius 3 is 2.55 bits per heavy atom. The normalized spacial score (nSPS) is 12.0. The van der Waals surface area contributed by atoms with Crippen molar-refractivity contribution in [1.29, 1.82) is 0 Å². The minimum absolute atomic E-state index is 0. The Bertz CT molecular complexity index is 607. The number of rotatable bonds is 7. The summed E-state index contributed by atoms with van der Waals surface area (Å²) in [4.78, 5) is 11.8. The number of nitrogens with two attached hydrogens (primary N) is 1. The molecule has 1 aromatic rings. The van der Waals surface area contributed by atoms with Crippen LogP contribution in [0.1, 0.15) is 13.8 Å². The van der Waals surface area contributed by atoms with Gasteiger partial charge in [0.05, 0.1) is 18.6 Å². The van der Waals surface area contributed by atoms with E-state index in [4.69, 9.17) is 10.5 Å². The van der Waals surface area contributed by atoms with Gasteiger partial charge in [-0.2, -0.15) is 0 Å². The maximum absolute atomic E-state index is 11.8. The van der Waals surface area contributed by atoms with Gasteiger partial charge in [-0.05, 0) is 19.1 Å². The number of benzene rings is 1. The summed E-state index contributed by atoms with van der Waals surface area (Å²) in [6.45, 7) is 3.51. The van der Waals surface area contributed by atoms with E-state index >= 15 is 0 Å². The number of carbonyl (C=O) groups is 1. The van der Waals surface area contributed by atoms with Gasteiger partial charge in [0.15, 0.2) is 0 Å². The number of nitrogens with one attached hydrogen (secondary N) is 2. The summed E-state index contributed by atoms with van der Waals surface area (Å²) in [7, 11) is -1.97. The minimum Gasteiger partial charge on any atom is -0.494 e. The molecule has 0 aliphatic heterocycles. The maximum Gasteiger partial charge on any atom is 0.232 e. The minimum atomic E-state index is -3.39. The highest BCUT2D eigenvalue weighted by atomic mass is 35.5. The molecule has 0 fully saturated rings. The molecule has 0 aliphatic rings. The summed E-state index contributed by atoms with van der Waals surface area (Å²) < 4.78 is 30.7. The summed E-state index contributed by atoms with van der Waals surface area (Å²) in [6.07, 6.45) is 0. The number of amides is 1. The molecule has 126 valence electrons. The van der Waals surface area contributed by atoms with Gasteiger partial charge in [-0.1, -0.05) is 6.92 Å². The molecule has 1 unspecified atom stereocenters. The number of halogens is 1. The molecule has 0 spiro atoms. The van der Waals surface area contributed by atoms with Crippen LogP contribution in [0.2, 0.25) is 0 Å². The van der Waals surface area contributed by atoms with E-state index in [-0.39, 0.29) is 36.5 Å². The van der Waals surface area contributed by atoms with Crippen LogP contribution in [0.4, 0.5) is 11.4 Å². The van der Waals surface area contributed by atoms with Crippen molar-refractivity contribution in [3.63, 3.8) is 0 Å². The Balaban J connectivity index is 0.00000441. The number of hydrogen-bond acceptors (Lipinski definition) is 5. The first-order chi connectivity index (χ1) is 9.82. The van der Waals surface area contributed by atoms with E-state index in [0.717, 1.165) is 0 Å². The van der Waals surface area contributed by atoms with E-state index in [1.165, 1.54) is 20.1 Å². The lowest BCUT2D eigenvalue weighted by Gasteiger charge is -2.14. The van der Waals surface area contributed by atoms with Gasteiger partial charge in [0.1, 0.15) is 5.75 Å². The van der Waals surface area contributed by atoms with Crippen molar-refractivity contribution in [3.05, 3.63) is 18.2 Å². The molecular weight excluding hydrogens is 330 g/mol. The Morgan fingerprint density at radius 2 is 2.05 bits per heavy atom. The van der Waals surface area contributed by atoms with E-state index in [9.17, 15) is 13.2 Å². The molecule has 0 bridgehead atoms. The average molecular weight is 352 g/mol. The average Bonchev–Trinajstić information content (AvgIpc) is 2.47. The van der Waals surface area contributed by atoms with Crippen LogP contribution in [0.5, 0.6) is 5.75 Å². The number of ether oxygens (including phenoxy) is 1. The monoisotopic (exact) mass is 351 g/mol. The lowest BCUT2D eigenvalue weighted by atomic mass is 10.1. The molecule has 0 aliphatic carbocycles. The van der Waals surface area contributed by atoms with E-state index < -0.39 is 10.0 Å². The molecular formula is C13H22ClN3O4S. The maximum atomic E-state index is 11.8. The highest BCUT2D eigenvalue weighted by Gasteiger charge is 2.14. The second-order valence-electron chi connectivity index (χ2n) is 4.55. The number of methoxy groups -OCH3 is 1. The smallest absolute Gasteiger partial charge is 0.232 e. The van der Waals surface area contributed by atoms with Gasteiger partial charge in [0, 0.05) is 24.2 Å². The van der Waals surface area contributed by atoms with Crippen molar-refractivity contribution in [2.75, 3.05) is 29.4 Å². The highest BCUT2D eigenvalue weighted by Crippen LogP contribution is 2.29. The van der Waals surface area contributed by atoms with Gasteiger partial charge in [0.25, 0.3) is 0 Å². The van der Waals surface area contributed by atoms with Gasteiger partial charge in [0.2, 0.25) is 15.9 Å². The van der Waals surface area contributed by atoms with Crippen molar-refractivity contribution in [2.45, 2.75) is 13.8 Å². The molecule has 0 saturated heterocycles. The number of anilines is 2. The van der Waals surface area contributed by atoms with Crippen LogP contribution >= 0.6 is 12.4 Å². The number of hydrogen-bond donors (Lipinski definition) is 3. The quantitative estimate of drug-likeness (QED) is 0.688. The van der Waals surface area contributed by atoms with Crippen LogP contribution in [0.25, 0.3) is 0 Å². The second kappa shape index (κ2) is 8.82. The van der Waals surface area contributed by atoms with Gasteiger partial charge in [-0.25, -0.2) is 8.42 Å². The van der Waals surface area contributed by atoms with E-state index in [2.05, 4.69) is 10.0 Å². The van der Waals surface area contributed by atoms with Crippen LogP contribution in [-0.2, 0) is 14.8 Å². The zero-order valence-corrected chi connectivity index (χ0v) is 14.4. The molecule has 0 radical (unpaired) electrons. The SMILES string of the molecule is CCS(=O)(=O)Nc1ccc(NC(=O)C(C)CN)cc1OC.Cl. The molecule has 1 aromatic carbocycles. The van der Waals surface area contributed by atoms with E-state index in [0.29, 0.717) is 17.1 Å². The molecule has 1 amide bonds. The third-order valence-corrected chi connectivity index (χ3v) is 4.21. The first kappa shape index (κ1) is 20.5. The van der Waals surface area contributed by atoms with Gasteiger partial charge in [-0.3, -0.25) is 9.52 Å². The molecule has 7 nitrogen and oxygen atoms in total. The third kappa shape index (κ3) is 5.70. The first-order valence-corrected chi connectivity index (χ1v) is 8.17. The Morgan fingerprint density at radius 1 is 1.41 bits per heavy atom. The Hall–Kier alpha value is -1.51. The van der Waals surface area contributed by atoms with E-state index in [1.807, 2.05) is 0 Å².